The zero-order valence-corrected chi connectivity index (χ0v) is 12.1. The predicted molar refractivity (Wildman–Crippen MR) is 80.5 cm³/mol. The molecule has 0 saturated heterocycles. The summed E-state index contributed by atoms with van der Waals surface area (Å²) in [5.41, 5.74) is 2.45. The Balaban J connectivity index is 2.79. The molecule has 0 spiro atoms. The smallest absolute Gasteiger partial charge is 0.251 e. The average Bonchev–Trinajstić information content (AvgIpc) is 2.38. The summed E-state index contributed by atoms with van der Waals surface area (Å²) in [5, 5.41) is 11.6. The number of rotatable bonds is 5. The van der Waals surface area contributed by atoms with Crippen molar-refractivity contribution in [1.29, 1.82) is 0 Å². The fourth-order valence-electron chi connectivity index (χ4n) is 1.58. The lowest BCUT2D eigenvalue weighted by molar-refractivity contribution is 0.0956. The average molecular weight is 277 g/mol. The van der Waals surface area contributed by atoms with Crippen molar-refractivity contribution in [2.24, 2.45) is 0 Å². The third-order valence-electron chi connectivity index (χ3n) is 2.40. The van der Waals surface area contributed by atoms with E-state index in [1.165, 1.54) is 0 Å². The van der Waals surface area contributed by atoms with Gasteiger partial charge in [-0.3, -0.25) is 4.79 Å². The summed E-state index contributed by atoms with van der Waals surface area (Å²) in [5.74, 6) is 6.65. The van der Waals surface area contributed by atoms with Gasteiger partial charge < -0.3 is 10.4 Å². The van der Waals surface area contributed by atoms with E-state index >= 15 is 0 Å². The van der Waals surface area contributed by atoms with Crippen LogP contribution in [-0.4, -0.2) is 36.2 Å². The molecule has 1 aromatic rings. The van der Waals surface area contributed by atoms with E-state index in [1.54, 1.807) is 17.8 Å². The molecule has 0 radical (unpaired) electrons. The first-order valence-electron chi connectivity index (χ1n) is 6.16. The minimum atomic E-state index is -0.0667. The highest BCUT2D eigenvalue weighted by Crippen LogP contribution is 2.09. The van der Waals surface area contributed by atoms with Crippen molar-refractivity contribution in [2.75, 3.05) is 25.2 Å². The molecule has 3 nitrogen and oxygen atoms in total. The first-order valence-corrected chi connectivity index (χ1v) is 7.55. The van der Waals surface area contributed by atoms with E-state index in [0.717, 1.165) is 16.9 Å². The maximum atomic E-state index is 11.9. The van der Waals surface area contributed by atoms with Crippen LogP contribution in [0.1, 0.15) is 27.9 Å². The molecule has 0 aromatic heterocycles. The number of benzene rings is 1. The van der Waals surface area contributed by atoms with E-state index in [0.29, 0.717) is 18.5 Å². The van der Waals surface area contributed by atoms with E-state index in [-0.39, 0.29) is 12.5 Å². The van der Waals surface area contributed by atoms with Crippen molar-refractivity contribution in [3.05, 3.63) is 34.9 Å². The Morgan fingerprint density at radius 3 is 2.89 bits per heavy atom. The summed E-state index contributed by atoms with van der Waals surface area (Å²) < 4.78 is 0. The molecule has 1 aromatic carbocycles. The highest BCUT2D eigenvalue weighted by molar-refractivity contribution is 7.98. The Labute approximate surface area is 118 Å². The van der Waals surface area contributed by atoms with Crippen LogP contribution < -0.4 is 5.32 Å². The van der Waals surface area contributed by atoms with Gasteiger partial charge in [0.1, 0.15) is 0 Å². The lowest BCUT2D eigenvalue weighted by atomic mass is 10.1. The van der Waals surface area contributed by atoms with Gasteiger partial charge in [-0.15, -0.1) is 0 Å². The molecule has 0 fully saturated rings. The lowest BCUT2D eigenvalue weighted by Crippen LogP contribution is -2.25. The fourth-order valence-corrected chi connectivity index (χ4v) is 1.88. The molecule has 102 valence electrons. The molecule has 0 atom stereocenters. The van der Waals surface area contributed by atoms with Gasteiger partial charge in [-0.1, -0.05) is 11.8 Å². The third kappa shape index (κ3) is 5.82. The van der Waals surface area contributed by atoms with E-state index in [4.69, 9.17) is 5.11 Å². The standard InChI is InChI=1S/C15H19NO2S/c1-12-9-13(5-3-4-7-17)11-14(10-12)15(18)16-6-8-19-2/h9-11,17H,4,6-8H2,1-2H3,(H,16,18). The van der Waals surface area contributed by atoms with Gasteiger partial charge >= 0.3 is 0 Å². The SMILES string of the molecule is CSCCNC(=O)c1cc(C)cc(C#CCCO)c1. The Bertz CT molecular complexity index is 489. The molecule has 0 unspecified atom stereocenters. The summed E-state index contributed by atoms with van der Waals surface area (Å²) >= 11 is 1.70. The second kappa shape index (κ2) is 8.63. The van der Waals surface area contributed by atoms with Gasteiger partial charge in [-0.05, 0) is 36.9 Å². The van der Waals surface area contributed by atoms with Crippen LogP contribution in [0.15, 0.2) is 18.2 Å². The topological polar surface area (TPSA) is 49.3 Å². The van der Waals surface area contributed by atoms with E-state index in [1.807, 2.05) is 25.3 Å². The van der Waals surface area contributed by atoms with Crippen LogP contribution in [-0.2, 0) is 0 Å². The Morgan fingerprint density at radius 2 is 2.21 bits per heavy atom. The lowest BCUT2D eigenvalue weighted by Gasteiger charge is -2.06. The van der Waals surface area contributed by atoms with Crippen LogP contribution in [0.2, 0.25) is 0 Å². The van der Waals surface area contributed by atoms with Crippen LogP contribution >= 0.6 is 11.8 Å². The molecule has 1 amide bonds. The van der Waals surface area contributed by atoms with Gasteiger partial charge in [0, 0.05) is 29.8 Å². The van der Waals surface area contributed by atoms with Crippen molar-refractivity contribution in [1.82, 2.24) is 5.32 Å². The van der Waals surface area contributed by atoms with Crippen molar-refractivity contribution in [2.45, 2.75) is 13.3 Å². The quantitative estimate of drug-likeness (QED) is 0.637. The summed E-state index contributed by atoms with van der Waals surface area (Å²) in [6.07, 6.45) is 2.46. The van der Waals surface area contributed by atoms with Crippen LogP contribution in [0.25, 0.3) is 0 Å². The third-order valence-corrected chi connectivity index (χ3v) is 3.01. The Hall–Kier alpha value is -1.44. The van der Waals surface area contributed by atoms with Gasteiger partial charge in [0.05, 0.1) is 6.61 Å². The molecule has 0 bridgehead atoms. The molecule has 0 heterocycles. The normalized spacial score (nSPS) is 9.63. The van der Waals surface area contributed by atoms with Gasteiger partial charge in [0.2, 0.25) is 0 Å². The zero-order valence-electron chi connectivity index (χ0n) is 11.3. The molecule has 0 aliphatic carbocycles. The minimum absolute atomic E-state index is 0.0564. The number of hydrogen-bond acceptors (Lipinski definition) is 3. The van der Waals surface area contributed by atoms with Crippen LogP contribution in [0.4, 0.5) is 0 Å². The van der Waals surface area contributed by atoms with Gasteiger partial charge in [-0.2, -0.15) is 11.8 Å². The number of thioether (sulfide) groups is 1. The van der Waals surface area contributed by atoms with Gasteiger partial charge in [-0.25, -0.2) is 0 Å². The number of hydrogen-bond donors (Lipinski definition) is 2. The van der Waals surface area contributed by atoms with Crippen molar-refractivity contribution >= 4 is 17.7 Å². The first-order chi connectivity index (χ1) is 9.17. The summed E-state index contributed by atoms with van der Waals surface area (Å²) in [7, 11) is 0. The van der Waals surface area contributed by atoms with E-state index in [2.05, 4.69) is 17.2 Å². The largest absolute Gasteiger partial charge is 0.395 e. The molecule has 4 heteroatoms. The van der Waals surface area contributed by atoms with Gasteiger partial charge in [0.25, 0.3) is 5.91 Å². The first kappa shape index (κ1) is 15.6. The molecule has 1 rings (SSSR count). The number of nitrogens with one attached hydrogen (secondary N) is 1. The predicted octanol–water partition coefficient (Wildman–Crippen LogP) is 1.82. The Kier molecular flexibility index (Phi) is 7.09. The maximum Gasteiger partial charge on any atom is 0.251 e. The number of aliphatic hydroxyl groups is 1. The van der Waals surface area contributed by atoms with E-state index in [9.17, 15) is 4.79 Å². The monoisotopic (exact) mass is 277 g/mol. The number of aryl methyl sites for hydroxylation is 1. The molecular formula is C15H19NO2S. The van der Waals surface area contributed by atoms with Crippen LogP contribution in [0, 0.1) is 18.8 Å². The highest BCUT2D eigenvalue weighted by Gasteiger charge is 2.06. The summed E-state index contributed by atoms with van der Waals surface area (Å²) in [4.78, 5) is 11.9. The molecule has 0 saturated carbocycles. The van der Waals surface area contributed by atoms with Crippen LogP contribution in [0.5, 0.6) is 0 Å². The number of amides is 1. The molecule has 0 aliphatic heterocycles. The zero-order chi connectivity index (χ0) is 14.1. The molecular weight excluding hydrogens is 258 g/mol. The van der Waals surface area contributed by atoms with Crippen LogP contribution in [0.3, 0.4) is 0 Å². The summed E-state index contributed by atoms with van der Waals surface area (Å²) in [6.45, 7) is 2.66. The number of aliphatic hydroxyl groups excluding tert-OH is 1. The van der Waals surface area contributed by atoms with Gasteiger partial charge in [0.15, 0.2) is 0 Å². The molecule has 2 N–H and O–H groups in total. The highest BCUT2D eigenvalue weighted by atomic mass is 32.2. The number of carbonyl (C=O) groups is 1. The second-order valence-electron chi connectivity index (χ2n) is 4.11. The number of carbonyl (C=O) groups excluding carboxylic acids is 1. The fraction of sp³-hybridized carbons (Fsp3) is 0.400. The Morgan fingerprint density at radius 1 is 1.42 bits per heavy atom. The minimum Gasteiger partial charge on any atom is -0.395 e. The van der Waals surface area contributed by atoms with E-state index < -0.39 is 0 Å². The van der Waals surface area contributed by atoms with Crippen molar-refractivity contribution < 1.29 is 9.90 Å². The second-order valence-corrected chi connectivity index (χ2v) is 5.10. The summed E-state index contributed by atoms with van der Waals surface area (Å²) in [6, 6.07) is 5.57. The van der Waals surface area contributed by atoms with Crippen molar-refractivity contribution in [3.8, 4) is 11.8 Å². The molecule has 19 heavy (non-hydrogen) atoms. The molecule has 0 aliphatic rings. The van der Waals surface area contributed by atoms with Crippen molar-refractivity contribution in [3.63, 3.8) is 0 Å². The maximum absolute atomic E-state index is 11.9.